The van der Waals surface area contributed by atoms with E-state index in [1.54, 1.807) is 18.6 Å². The van der Waals surface area contributed by atoms with E-state index >= 15 is 0 Å². The first kappa shape index (κ1) is 26.1. The zero-order valence-corrected chi connectivity index (χ0v) is 23.1. The summed E-state index contributed by atoms with van der Waals surface area (Å²) in [6, 6.07) is 1.86. The third-order valence-corrected chi connectivity index (χ3v) is 10.8. The van der Waals surface area contributed by atoms with Gasteiger partial charge in [-0.1, -0.05) is 34.6 Å². The Kier molecular flexibility index (Phi) is 5.96. The number of esters is 3. The van der Waals surface area contributed by atoms with Crippen LogP contribution in [0, 0.1) is 33.5 Å². The minimum absolute atomic E-state index is 0.0831. The number of hydrogen-bond donors (Lipinski definition) is 0. The van der Waals surface area contributed by atoms with Crippen LogP contribution in [-0.4, -0.2) is 30.1 Å². The molecule has 3 aliphatic carbocycles. The van der Waals surface area contributed by atoms with E-state index in [1.165, 1.54) is 13.8 Å². The molecule has 0 amide bonds. The smallest absolute Gasteiger partial charge is 0.331 e. The standard InChI is InChI=1S/C30H40O7/c1-17(31)35-23-9-12-28(5)20-8-11-29(6)22(15-25(33)37-26(29)19-10-13-34-16-19)30(20,7)24(36-18(2)32)14-21(28)27(23,3)4/h10,13,15-16,20-21,23-24,26H,8-9,11-12,14H2,1-7H3/t20-,21-,23+,24-,26-,28+,29-,30-/m0/s1. The molecule has 1 aromatic heterocycles. The Balaban J connectivity index is 1.63. The summed E-state index contributed by atoms with van der Waals surface area (Å²) in [6.45, 7) is 14.0. The molecule has 1 aromatic rings. The first-order valence-electron chi connectivity index (χ1n) is 13.5. The summed E-state index contributed by atoms with van der Waals surface area (Å²) in [7, 11) is 0. The van der Waals surface area contributed by atoms with E-state index in [4.69, 9.17) is 18.6 Å². The Morgan fingerprint density at radius 2 is 1.62 bits per heavy atom. The van der Waals surface area contributed by atoms with Crippen molar-refractivity contribution in [2.75, 3.05) is 0 Å². The molecule has 2 heterocycles. The Morgan fingerprint density at radius 1 is 0.946 bits per heavy atom. The van der Waals surface area contributed by atoms with E-state index in [0.29, 0.717) is 6.42 Å². The van der Waals surface area contributed by atoms with Crippen molar-refractivity contribution in [3.63, 3.8) is 0 Å². The average Bonchev–Trinajstić information content (AvgIpc) is 3.32. The van der Waals surface area contributed by atoms with Crippen LogP contribution in [0.5, 0.6) is 0 Å². The molecule has 0 bridgehead atoms. The highest BCUT2D eigenvalue weighted by Crippen LogP contribution is 2.73. The maximum atomic E-state index is 13.0. The zero-order valence-electron chi connectivity index (χ0n) is 23.1. The lowest BCUT2D eigenvalue weighted by Gasteiger charge is -2.69. The molecule has 202 valence electrons. The van der Waals surface area contributed by atoms with Gasteiger partial charge in [0.1, 0.15) is 18.3 Å². The number of hydrogen-bond acceptors (Lipinski definition) is 7. The van der Waals surface area contributed by atoms with Crippen molar-refractivity contribution in [2.45, 2.75) is 98.9 Å². The lowest BCUT2D eigenvalue weighted by atomic mass is 9.36. The van der Waals surface area contributed by atoms with Crippen LogP contribution in [0.15, 0.2) is 34.7 Å². The number of cyclic esters (lactones) is 1. The fourth-order valence-corrected chi connectivity index (χ4v) is 9.24. The second-order valence-electron chi connectivity index (χ2n) is 13.1. The maximum Gasteiger partial charge on any atom is 0.331 e. The Labute approximate surface area is 219 Å². The van der Waals surface area contributed by atoms with Gasteiger partial charge in [-0.15, -0.1) is 0 Å². The van der Waals surface area contributed by atoms with Gasteiger partial charge in [-0.3, -0.25) is 9.59 Å². The van der Waals surface area contributed by atoms with Crippen molar-refractivity contribution >= 4 is 17.9 Å². The molecule has 0 spiro atoms. The normalized spacial score (nSPS) is 42.3. The van der Waals surface area contributed by atoms with Crippen molar-refractivity contribution in [3.05, 3.63) is 35.8 Å². The number of rotatable bonds is 3. The fourth-order valence-electron chi connectivity index (χ4n) is 9.24. The fraction of sp³-hybridized carbons (Fsp3) is 0.700. The molecule has 7 heteroatoms. The van der Waals surface area contributed by atoms with Crippen LogP contribution in [0.2, 0.25) is 0 Å². The second kappa shape index (κ2) is 8.47. The number of carbonyl (C=O) groups excluding carboxylic acids is 3. The van der Waals surface area contributed by atoms with Crippen LogP contribution in [0.4, 0.5) is 0 Å². The van der Waals surface area contributed by atoms with Crippen LogP contribution >= 0.6 is 0 Å². The quantitative estimate of drug-likeness (QED) is 0.366. The second-order valence-corrected chi connectivity index (χ2v) is 13.1. The molecule has 3 fully saturated rings. The summed E-state index contributed by atoms with van der Waals surface area (Å²) in [5, 5.41) is 0. The molecule has 0 radical (unpaired) electrons. The summed E-state index contributed by atoms with van der Waals surface area (Å²) < 4.78 is 23.3. The summed E-state index contributed by atoms with van der Waals surface area (Å²) in [5.74, 6) is -0.602. The summed E-state index contributed by atoms with van der Waals surface area (Å²) in [4.78, 5) is 37.4. The van der Waals surface area contributed by atoms with Gasteiger partial charge in [0.25, 0.3) is 0 Å². The monoisotopic (exact) mass is 512 g/mol. The van der Waals surface area contributed by atoms with Gasteiger partial charge >= 0.3 is 17.9 Å². The van der Waals surface area contributed by atoms with Gasteiger partial charge in [0.15, 0.2) is 0 Å². The van der Waals surface area contributed by atoms with E-state index in [1.807, 2.05) is 6.07 Å². The molecule has 1 aliphatic heterocycles. The molecular formula is C30H40O7. The third-order valence-electron chi connectivity index (χ3n) is 10.8. The molecule has 8 atom stereocenters. The van der Waals surface area contributed by atoms with Gasteiger partial charge in [0, 0.05) is 41.7 Å². The summed E-state index contributed by atoms with van der Waals surface area (Å²) in [5.41, 5.74) is 0.489. The molecule has 0 unspecified atom stereocenters. The topological polar surface area (TPSA) is 92.0 Å². The van der Waals surface area contributed by atoms with E-state index < -0.39 is 23.0 Å². The number of ether oxygens (including phenoxy) is 3. The SMILES string of the molecule is CC(=O)O[C@H]1C[C@H]2C(C)(C)[C@H](OC(C)=O)CC[C@]2(C)[C@@H]2CC[C@@]3(C)C(=CC(=O)O[C@H]3c3ccoc3)[C@@]12C. The van der Waals surface area contributed by atoms with Gasteiger partial charge in [-0.25, -0.2) is 4.79 Å². The van der Waals surface area contributed by atoms with Crippen LogP contribution < -0.4 is 0 Å². The van der Waals surface area contributed by atoms with Crippen molar-refractivity contribution in [1.29, 1.82) is 0 Å². The van der Waals surface area contributed by atoms with E-state index in [0.717, 1.165) is 36.8 Å². The molecule has 37 heavy (non-hydrogen) atoms. The van der Waals surface area contributed by atoms with E-state index in [9.17, 15) is 14.4 Å². The summed E-state index contributed by atoms with van der Waals surface area (Å²) >= 11 is 0. The van der Waals surface area contributed by atoms with Crippen LogP contribution in [0.25, 0.3) is 0 Å². The highest BCUT2D eigenvalue weighted by atomic mass is 16.6. The van der Waals surface area contributed by atoms with Crippen molar-refractivity contribution in [2.24, 2.45) is 33.5 Å². The molecule has 4 aliphatic rings. The van der Waals surface area contributed by atoms with Gasteiger partial charge in [0.05, 0.1) is 12.5 Å². The van der Waals surface area contributed by atoms with Crippen molar-refractivity contribution in [1.82, 2.24) is 0 Å². The van der Waals surface area contributed by atoms with Gasteiger partial charge < -0.3 is 18.6 Å². The Bertz CT molecular complexity index is 1130. The molecule has 0 aromatic carbocycles. The highest BCUT2D eigenvalue weighted by Gasteiger charge is 2.70. The summed E-state index contributed by atoms with van der Waals surface area (Å²) in [6.07, 6.45) is 7.98. The van der Waals surface area contributed by atoms with Crippen LogP contribution in [-0.2, 0) is 28.6 Å². The molecule has 0 N–H and O–H groups in total. The minimum atomic E-state index is -0.546. The van der Waals surface area contributed by atoms with Crippen LogP contribution in [0.1, 0.15) is 92.2 Å². The Morgan fingerprint density at radius 3 is 2.24 bits per heavy atom. The molecule has 5 rings (SSSR count). The van der Waals surface area contributed by atoms with E-state index in [-0.39, 0.29) is 46.7 Å². The van der Waals surface area contributed by atoms with Crippen molar-refractivity contribution in [3.8, 4) is 0 Å². The largest absolute Gasteiger partial charge is 0.472 e. The maximum absolute atomic E-state index is 13.0. The van der Waals surface area contributed by atoms with E-state index in [2.05, 4.69) is 34.6 Å². The molecule has 0 saturated heterocycles. The number of carbonyl (C=O) groups is 3. The highest BCUT2D eigenvalue weighted by molar-refractivity contribution is 5.85. The van der Waals surface area contributed by atoms with Gasteiger partial charge in [-0.05, 0) is 61.0 Å². The first-order valence-corrected chi connectivity index (χ1v) is 13.5. The lowest BCUT2D eigenvalue weighted by Crippen LogP contribution is -2.67. The predicted molar refractivity (Wildman–Crippen MR) is 135 cm³/mol. The minimum Gasteiger partial charge on any atom is -0.472 e. The zero-order chi connectivity index (χ0) is 27.0. The lowest BCUT2D eigenvalue weighted by molar-refractivity contribution is -0.230. The van der Waals surface area contributed by atoms with Gasteiger partial charge in [-0.2, -0.15) is 0 Å². The molecular weight excluding hydrogens is 472 g/mol. The van der Waals surface area contributed by atoms with Gasteiger partial charge in [0.2, 0.25) is 0 Å². The van der Waals surface area contributed by atoms with Crippen LogP contribution in [0.3, 0.4) is 0 Å². The van der Waals surface area contributed by atoms with Crippen molar-refractivity contribution < 1.29 is 33.0 Å². The number of furan rings is 1. The Hall–Kier alpha value is -2.57. The average molecular weight is 513 g/mol. The number of fused-ring (bicyclic) bond motifs is 5. The first-order chi connectivity index (χ1) is 17.2. The third kappa shape index (κ3) is 3.70. The molecule has 3 saturated carbocycles. The predicted octanol–water partition coefficient (Wildman–Crippen LogP) is 5.94. The molecule has 7 nitrogen and oxygen atoms in total.